The predicted octanol–water partition coefficient (Wildman–Crippen LogP) is 2.83. The number of ether oxygens (including phenoxy) is 1. The van der Waals surface area contributed by atoms with Gasteiger partial charge in [-0.2, -0.15) is 0 Å². The van der Waals surface area contributed by atoms with Crippen molar-refractivity contribution in [1.29, 1.82) is 0 Å². The van der Waals surface area contributed by atoms with E-state index < -0.39 is 5.92 Å². The Labute approximate surface area is 137 Å². The fourth-order valence-electron chi connectivity index (χ4n) is 3.05. The monoisotopic (exact) mass is 313 g/mol. The average molecular weight is 313 g/mol. The molecule has 0 aromatic heterocycles. The van der Waals surface area contributed by atoms with Gasteiger partial charge in [0.2, 0.25) is 5.91 Å². The summed E-state index contributed by atoms with van der Waals surface area (Å²) in [6.45, 7) is 6.03. The molecule has 0 aliphatic heterocycles. The number of hydrogen-bond acceptors (Lipinski definition) is 3. The molecule has 1 amide bonds. The van der Waals surface area contributed by atoms with Crippen molar-refractivity contribution < 1.29 is 14.3 Å². The van der Waals surface area contributed by atoms with E-state index >= 15 is 0 Å². The molecule has 0 unspecified atom stereocenters. The molecule has 1 N–H and O–H groups in total. The Morgan fingerprint density at radius 3 is 2.70 bits per heavy atom. The summed E-state index contributed by atoms with van der Waals surface area (Å²) in [5, 5.41) is 2.82. The average Bonchev–Trinajstić information content (AvgIpc) is 2.70. The fraction of sp³-hybridized carbons (Fsp3) is 0.368. The van der Waals surface area contributed by atoms with Crippen LogP contribution in [-0.4, -0.2) is 25.3 Å². The lowest BCUT2D eigenvalue weighted by Gasteiger charge is -2.26. The SMILES string of the molecule is C=CCNC(=O)[C@H]1C=C(OC)C(=O)C[C@H](c2ccccc2)[C@H]1C. The molecule has 1 aliphatic rings. The van der Waals surface area contributed by atoms with Crippen molar-refractivity contribution in [3.63, 3.8) is 0 Å². The van der Waals surface area contributed by atoms with Crippen molar-refractivity contribution in [1.82, 2.24) is 5.32 Å². The van der Waals surface area contributed by atoms with Crippen LogP contribution in [0.1, 0.15) is 24.8 Å². The van der Waals surface area contributed by atoms with Gasteiger partial charge in [0.05, 0.1) is 13.0 Å². The Hall–Kier alpha value is -2.36. The van der Waals surface area contributed by atoms with Crippen molar-refractivity contribution in [2.75, 3.05) is 13.7 Å². The Kier molecular flexibility index (Phi) is 5.74. The second-order valence-corrected chi connectivity index (χ2v) is 5.80. The molecule has 4 heteroatoms. The zero-order valence-electron chi connectivity index (χ0n) is 13.6. The third-order valence-electron chi connectivity index (χ3n) is 4.38. The van der Waals surface area contributed by atoms with Crippen LogP contribution in [0.25, 0.3) is 0 Å². The molecule has 23 heavy (non-hydrogen) atoms. The Morgan fingerprint density at radius 2 is 2.09 bits per heavy atom. The van der Waals surface area contributed by atoms with Crippen molar-refractivity contribution in [2.45, 2.75) is 19.3 Å². The molecule has 0 saturated heterocycles. The first-order valence-corrected chi connectivity index (χ1v) is 7.81. The number of allylic oxidation sites excluding steroid dienone is 1. The Balaban J connectivity index is 2.36. The van der Waals surface area contributed by atoms with E-state index in [0.717, 1.165) is 5.56 Å². The number of benzene rings is 1. The van der Waals surface area contributed by atoms with Gasteiger partial charge in [0.1, 0.15) is 0 Å². The summed E-state index contributed by atoms with van der Waals surface area (Å²) >= 11 is 0. The van der Waals surface area contributed by atoms with E-state index in [9.17, 15) is 9.59 Å². The summed E-state index contributed by atoms with van der Waals surface area (Å²) in [7, 11) is 1.47. The number of carbonyl (C=O) groups excluding carboxylic acids is 2. The third kappa shape index (κ3) is 3.89. The normalized spacial score (nSPS) is 24.3. The zero-order valence-corrected chi connectivity index (χ0v) is 13.6. The lowest BCUT2D eigenvalue weighted by atomic mass is 9.78. The van der Waals surface area contributed by atoms with Gasteiger partial charge in [-0.1, -0.05) is 43.3 Å². The van der Waals surface area contributed by atoms with Crippen LogP contribution in [-0.2, 0) is 14.3 Å². The minimum absolute atomic E-state index is 0.0150. The third-order valence-corrected chi connectivity index (χ3v) is 4.38. The molecule has 4 nitrogen and oxygen atoms in total. The number of carbonyl (C=O) groups is 2. The molecule has 2 rings (SSSR count). The zero-order chi connectivity index (χ0) is 16.8. The number of rotatable bonds is 5. The van der Waals surface area contributed by atoms with Crippen molar-refractivity contribution >= 4 is 11.7 Å². The van der Waals surface area contributed by atoms with Gasteiger partial charge in [-0.25, -0.2) is 0 Å². The number of Topliss-reactive ketones (excluding diaryl/α,β-unsaturated/α-hetero) is 1. The van der Waals surface area contributed by atoms with Crippen molar-refractivity contribution in [3.8, 4) is 0 Å². The number of amides is 1. The smallest absolute Gasteiger partial charge is 0.227 e. The van der Waals surface area contributed by atoms with E-state index in [-0.39, 0.29) is 29.3 Å². The van der Waals surface area contributed by atoms with Crippen molar-refractivity contribution in [3.05, 3.63) is 60.4 Å². The van der Waals surface area contributed by atoms with Gasteiger partial charge >= 0.3 is 0 Å². The largest absolute Gasteiger partial charge is 0.493 e. The van der Waals surface area contributed by atoms with Crippen LogP contribution in [0.3, 0.4) is 0 Å². The van der Waals surface area contributed by atoms with Crippen LogP contribution < -0.4 is 5.32 Å². The number of hydrogen-bond donors (Lipinski definition) is 1. The number of ketones is 1. The van der Waals surface area contributed by atoms with Gasteiger partial charge in [0.15, 0.2) is 11.5 Å². The molecule has 1 aliphatic carbocycles. The first kappa shape index (κ1) is 17.0. The standard InChI is InChI=1S/C19H23NO3/c1-4-10-20-19(22)16-12-18(23-3)17(21)11-15(13(16)2)14-8-6-5-7-9-14/h4-9,12-13,15-16H,1,10-11H2,2-3H3,(H,20,22)/t13-,15+,16+/m1/s1. The van der Waals surface area contributed by atoms with E-state index in [2.05, 4.69) is 11.9 Å². The van der Waals surface area contributed by atoms with Gasteiger partial charge in [-0.05, 0) is 23.5 Å². The van der Waals surface area contributed by atoms with E-state index in [1.54, 1.807) is 12.2 Å². The molecule has 122 valence electrons. The molecule has 0 radical (unpaired) electrons. The molecule has 1 aromatic carbocycles. The fourth-order valence-corrected chi connectivity index (χ4v) is 3.05. The van der Waals surface area contributed by atoms with Crippen molar-refractivity contribution in [2.24, 2.45) is 11.8 Å². The van der Waals surface area contributed by atoms with E-state index in [4.69, 9.17) is 4.74 Å². The van der Waals surface area contributed by atoms with Crippen LogP contribution >= 0.6 is 0 Å². The van der Waals surface area contributed by atoms with Gasteiger partial charge in [0.25, 0.3) is 0 Å². The molecule has 3 atom stereocenters. The topological polar surface area (TPSA) is 55.4 Å². The predicted molar refractivity (Wildman–Crippen MR) is 89.8 cm³/mol. The number of nitrogens with one attached hydrogen (secondary N) is 1. The van der Waals surface area contributed by atoms with E-state index in [0.29, 0.717) is 13.0 Å². The number of methoxy groups -OCH3 is 1. The molecular formula is C19H23NO3. The molecule has 0 saturated carbocycles. The highest BCUT2D eigenvalue weighted by molar-refractivity contribution is 5.96. The highest BCUT2D eigenvalue weighted by Gasteiger charge is 2.36. The highest BCUT2D eigenvalue weighted by Crippen LogP contribution is 2.37. The van der Waals surface area contributed by atoms with Crippen LogP contribution in [0.2, 0.25) is 0 Å². The maximum Gasteiger partial charge on any atom is 0.227 e. The Morgan fingerprint density at radius 1 is 1.39 bits per heavy atom. The first-order valence-electron chi connectivity index (χ1n) is 7.81. The molecule has 1 aromatic rings. The molecule has 0 spiro atoms. The summed E-state index contributed by atoms with van der Waals surface area (Å²) in [5.41, 5.74) is 1.07. The van der Waals surface area contributed by atoms with Gasteiger partial charge in [-0.15, -0.1) is 6.58 Å². The maximum absolute atomic E-state index is 12.5. The van der Waals surface area contributed by atoms with Crippen LogP contribution in [0.4, 0.5) is 0 Å². The first-order chi connectivity index (χ1) is 11.1. The molecular weight excluding hydrogens is 290 g/mol. The minimum atomic E-state index is -0.415. The van der Waals surface area contributed by atoms with Gasteiger partial charge in [-0.3, -0.25) is 9.59 Å². The minimum Gasteiger partial charge on any atom is -0.493 e. The molecule has 0 fully saturated rings. The molecule has 0 bridgehead atoms. The Bertz CT molecular complexity index is 606. The summed E-state index contributed by atoms with van der Waals surface area (Å²) in [5.74, 6) is -0.351. The lowest BCUT2D eigenvalue weighted by molar-refractivity contribution is -0.125. The quantitative estimate of drug-likeness (QED) is 0.851. The van der Waals surface area contributed by atoms with E-state index in [1.165, 1.54) is 7.11 Å². The maximum atomic E-state index is 12.5. The summed E-state index contributed by atoms with van der Waals surface area (Å²) < 4.78 is 5.21. The summed E-state index contributed by atoms with van der Waals surface area (Å²) in [6.07, 6.45) is 3.64. The highest BCUT2D eigenvalue weighted by atomic mass is 16.5. The summed E-state index contributed by atoms with van der Waals surface area (Å²) in [6, 6.07) is 9.86. The van der Waals surface area contributed by atoms with Crippen LogP contribution in [0, 0.1) is 11.8 Å². The lowest BCUT2D eigenvalue weighted by Crippen LogP contribution is -2.35. The molecule has 0 heterocycles. The second kappa shape index (κ2) is 7.77. The van der Waals surface area contributed by atoms with E-state index in [1.807, 2.05) is 37.3 Å². The van der Waals surface area contributed by atoms with Crippen LogP contribution in [0.5, 0.6) is 0 Å². The second-order valence-electron chi connectivity index (χ2n) is 5.80. The van der Waals surface area contributed by atoms with Gasteiger partial charge < -0.3 is 10.1 Å². The van der Waals surface area contributed by atoms with Gasteiger partial charge in [0, 0.05) is 13.0 Å². The summed E-state index contributed by atoms with van der Waals surface area (Å²) in [4.78, 5) is 24.9. The van der Waals surface area contributed by atoms with Crippen LogP contribution in [0.15, 0.2) is 54.8 Å².